The van der Waals surface area contributed by atoms with Gasteiger partial charge in [0.05, 0.1) is 12.7 Å². The molecule has 1 aromatic heterocycles. The summed E-state index contributed by atoms with van der Waals surface area (Å²) in [5, 5.41) is 4.29. The average Bonchev–Trinajstić information content (AvgIpc) is 3.19. The Labute approximate surface area is 170 Å². The first kappa shape index (κ1) is 20.3. The van der Waals surface area contributed by atoms with Crippen LogP contribution in [0.5, 0.6) is 0 Å². The van der Waals surface area contributed by atoms with Gasteiger partial charge in [-0.1, -0.05) is 61.5 Å². The maximum absolute atomic E-state index is 12.4. The zero-order valence-electron chi connectivity index (χ0n) is 16.6. The molecule has 0 N–H and O–H groups in total. The standard InChI is InChI=1S/C24H24N2O3/c1-3-19-9-12-22(13-10-19)24(28)18(2)29-23(27)14-11-21-15-25-26(17-21)16-20-7-5-4-6-8-20/h4-15,17-18H,3,16H2,1-2H3/b14-11+/t18-/m0/s1. The molecule has 29 heavy (non-hydrogen) atoms. The number of aromatic nitrogens is 2. The smallest absolute Gasteiger partial charge is 0.331 e. The lowest BCUT2D eigenvalue weighted by Gasteiger charge is -2.11. The Morgan fingerprint density at radius 3 is 2.48 bits per heavy atom. The highest BCUT2D eigenvalue weighted by molar-refractivity contribution is 6.01. The lowest BCUT2D eigenvalue weighted by atomic mass is 10.0. The van der Waals surface area contributed by atoms with Crippen LogP contribution in [0, 0.1) is 0 Å². The van der Waals surface area contributed by atoms with Crippen molar-refractivity contribution in [2.24, 2.45) is 0 Å². The minimum atomic E-state index is -0.847. The molecule has 0 radical (unpaired) electrons. The van der Waals surface area contributed by atoms with Gasteiger partial charge in [-0.25, -0.2) is 4.79 Å². The van der Waals surface area contributed by atoms with E-state index in [0.29, 0.717) is 12.1 Å². The summed E-state index contributed by atoms with van der Waals surface area (Å²) in [6.07, 6.45) is 6.53. The van der Waals surface area contributed by atoms with Crippen LogP contribution in [0.4, 0.5) is 0 Å². The monoisotopic (exact) mass is 388 g/mol. The summed E-state index contributed by atoms with van der Waals surface area (Å²) in [5.41, 5.74) is 3.62. The minimum absolute atomic E-state index is 0.218. The highest BCUT2D eigenvalue weighted by atomic mass is 16.5. The molecule has 0 aliphatic rings. The Morgan fingerprint density at radius 2 is 1.79 bits per heavy atom. The van der Waals surface area contributed by atoms with Gasteiger partial charge < -0.3 is 4.74 Å². The summed E-state index contributed by atoms with van der Waals surface area (Å²) >= 11 is 0. The van der Waals surface area contributed by atoms with E-state index >= 15 is 0 Å². The normalized spacial score (nSPS) is 12.1. The molecule has 0 amide bonds. The SMILES string of the molecule is CCc1ccc(C(=O)[C@H](C)OC(=O)/C=C/c2cnn(Cc3ccccc3)c2)cc1. The molecule has 2 aromatic carbocycles. The Morgan fingerprint density at radius 1 is 1.07 bits per heavy atom. The second-order valence-electron chi connectivity index (χ2n) is 6.78. The van der Waals surface area contributed by atoms with Gasteiger partial charge in [-0.05, 0) is 30.5 Å². The van der Waals surface area contributed by atoms with Crippen LogP contribution in [0.3, 0.4) is 0 Å². The van der Waals surface area contributed by atoms with E-state index in [0.717, 1.165) is 23.1 Å². The van der Waals surface area contributed by atoms with E-state index in [1.54, 1.807) is 36.0 Å². The van der Waals surface area contributed by atoms with Gasteiger partial charge in [0.2, 0.25) is 5.78 Å². The number of rotatable bonds is 8. The fraction of sp³-hybridized carbons (Fsp3) is 0.208. The van der Waals surface area contributed by atoms with Crippen LogP contribution in [0.15, 0.2) is 73.1 Å². The van der Waals surface area contributed by atoms with Gasteiger partial charge in [-0.3, -0.25) is 9.48 Å². The van der Waals surface area contributed by atoms with E-state index in [9.17, 15) is 9.59 Å². The molecule has 148 valence electrons. The maximum Gasteiger partial charge on any atom is 0.331 e. The van der Waals surface area contributed by atoms with Crippen LogP contribution in [0.1, 0.15) is 40.9 Å². The van der Waals surface area contributed by atoms with Gasteiger partial charge in [0.15, 0.2) is 6.10 Å². The minimum Gasteiger partial charge on any atom is -0.451 e. The van der Waals surface area contributed by atoms with Crippen LogP contribution < -0.4 is 0 Å². The van der Waals surface area contributed by atoms with E-state index in [1.165, 1.54) is 6.08 Å². The molecular weight excluding hydrogens is 364 g/mol. The number of esters is 1. The van der Waals surface area contributed by atoms with Crippen molar-refractivity contribution in [2.45, 2.75) is 32.9 Å². The molecule has 3 aromatic rings. The lowest BCUT2D eigenvalue weighted by Crippen LogP contribution is -2.23. The van der Waals surface area contributed by atoms with Gasteiger partial charge in [0, 0.05) is 23.4 Å². The molecule has 0 saturated heterocycles. The molecule has 0 unspecified atom stereocenters. The largest absolute Gasteiger partial charge is 0.451 e. The predicted octanol–water partition coefficient (Wildman–Crippen LogP) is 4.32. The predicted molar refractivity (Wildman–Crippen MR) is 113 cm³/mol. The van der Waals surface area contributed by atoms with Gasteiger partial charge in [0.1, 0.15) is 0 Å². The first-order valence-corrected chi connectivity index (χ1v) is 9.63. The van der Waals surface area contributed by atoms with Crippen molar-refractivity contribution >= 4 is 17.8 Å². The van der Waals surface area contributed by atoms with Gasteiger partial charge >= 0.3 is 5.97 Å². The van der Waals surface area contributed by atoms with Crippen LogP contribution in [-0.4, -0.2) is 27.6 Å². The van der Waals surface area contributed by atoms with Crippen molar-refractivity contribution in [1.82, 2.24) is 9.78 Å². The number of hydrogen-bond acceptors (Lipinski definition) is 4. The Kier molecular flexibility index (Phi) is 6.74. The van der Waals surface area contributed by atoms with Crippen LogP contribution in [0.25, 0.3) is 6.08 Å². The Balaban J connectivity index is 1.54. The molecule has 0 aliphatic heterocycles. The highest BCUT2D eigenvalue weighted by Crippen LogP contribution is 2.10. The number of carbonyl (C=O) groups excluding carboxylic acids is 2. The van der Waals surface area contributed by atoms with Crippen LogP contribution in [0.2, 0.25) is 0 Å². The summed E-state index contributed by atoms with van der Waals surface area (Å²) in [7, 11) is 0. The van der Waals surface area contributed by atoms with Crippen LogP contribution >= 0.6 is 0 Å². The summed E-state index contributed by atoms with van der Waals surface area (Å²) in [6.45, 7) is 4.29. The maximum atomic E-state index is 12.4. The fourth-order valence-electron chi connectivity index (χ4n) is 2.89. The molecule has 0 spiro atoms. The van der Waals surface area contributed by atoms with Gasteiger partial charge in [-0.2, -0.15) is 5.10 Å². The Hall–Kier alpha value is -3.47. The molecule has 3 rings (SSSR count). The van der Waals surface area contributed by atoms with E-state index in [1.807, 2.05) is 48.7 Å². The van der Waals surface area contributed by atoms with Crippen molar-refractivity contribution in [1.29, 1.82) is 0 Å². The number of carbonyl (C=O) groups is 2. The third kappa shape index (κ3) is 5.75. The summed E-state index contributed by atoms with van der Waals surface area (Å²) in [4.78, 5) is 24.5. The van der Waals surface area contributed by atoms with E-state index < -0.39 is 12.1 Å². The quantitative estimate of drug-likeness (QED) is 0.328. The molecule has 0 fully saturated rings. The van der Waals surface area contributed by atoms with Crippen LogP contribution in [-0.2, 0) is 22.5 Å². The van der Waals surface area contributed by atoms with Crippen molar-refractivity contribution in [3.05, 3.63) is 95.3 Å². The fourth-order valence-corrected chi connectivity index (χ4v) is 2.89. The molecule has 0 saturated carbocycles. The summed E-state index contributed by atoms with van der Waals surface area (Å²) in [5.74, 6) is -0.781. The van der Waals surface area contributed by atoms with Crippen molar-refractivity contribution < 1.29 is 14.3 Å². The molecule has 0 aliphatic carbocycles. The number of hydrogen-bond donors (Lipinski definition) is 0. The van der Waals surface area contributed by atoms with Crippen molar-refractivity contribution in [2.75, 3.05) is 0 Å². The number of ether oxygens (including phenoxy) is 1. The molecule has 0 bridgehead atoms. The number of aryl methyl sites for hydroxylation is 1. The van der Waals surface area contributed by atoms with Gasteiger partial charge in [-0.15, -0.1) is 0 Å². The molecular formula is C24H24N2O3. The van der Waals surface area contributed by atoms with Gasteiger partial charge in [0.25, 0.3) is 0 Å². The topological polar surface area (TPSA) is 61.2 Å². The third-order valence-electron chi connectivity index (χ3n) is 4.56. The second-order valence-corrected chi connectivity index (χ2v) is 6.78. The second kappa shape index (κ2) is 9.64. The van der Waals surface area contributed by atoms with E-state index in [-0.39, 0.29) is 5.78 Å². The summed E-state index contributed by atoms with van der Waals surface area (Å²) < 4.78 is 7.04. The van der Waals surface area contributed by atoms with Crippen molar-refractivity contribution in [3.63, 3.8) is 0 Å². The molecule has 5 nitrogen and oxygen atoms in total. The average molecular weight is 388 g/mol. The number of ketones is 1. The zero-order chi connectivity index (χ0) is 20.6. The molecule has 1 atom stereocenters. The summed E-state index contributed by atoms with van der Waals surface area (Å²) in [6, 6.07) is 17.4. The van der Waals surface area contributed by atoms with E-state index in [4.69, 9.17) is 4.74 Å². The number of benzene rings is 2. The first-order valence-electron chi connectivity index (χ1n) is 9.63. The molecule has 1 heterocycles. The highest BCUT2D eigenvalue weighted by Gasteiger charge is 2.18. The Bertz CT molecular complexity index is 988. The van der Waals surface area contributed by atoms with Crippen molar-refractivity contribution in [3.8, 4) is 0 Å². The van der Waals surface area contributed by atoms with E-state index in [2.05, 4.69) is 12.0 Å². The first-order chi connectivity index (χ1) is 14.0. The number of nitrogens with zero attached hydrogens (tertiary/aromatic N) is 2. The molecule has 5 heteroatoms. The lowest BCUT2D eigenvalue weighted by molar-refractivity contribution is -0.140. The zero-order valence-corrected chi connectivity index (χ0v) is 16.6. The third-order valence-corrected chi connectivity index (χ3v) is 4.56. The number of Topliss-reactive ketones (excluding diaryl/α,β-unsaturated/α-hetero) is 1.